The summed E-state index contributed by atoms with van der Waals surface area (Å²) in [4.78, 5) is 17.0. The van der Waals surface area contributed by atoms with Crippen molar-refractivity contribution in [1.82, 2.24) is 9.47 Å². The van der Waals surface area contributed by atoms with Crippen molar-refractivity contribution in [2.45, 2.75) is 27.3 Å². The molecule has 2 aromatic heterocycles. The number of para-hydroxylation sites is 1. The molecule has 0 aliphatic carbocycles. The smallest absolute Gasteiger partial charge is 0.246 e. The number of carbonyl (C=O) groups excluding carboxylic acids is 1. The molecule has 0 radical (unpaired) electrons. The molecule has 30 heavy (non-hydrogen) atoms. The highest BCUT2D eigenvalue weighted by Crippen LogP contribution is 2.22. The number of aromatic nitrogens is 1. The van der Waals surface area contributed by atoms with Gasteiger partial charge in [0.15, 0.2) is 0 Å². The number of piperazine rings is 1. The first-order valence-electron chi connectivity index (χ1n) is 10.5. The predicted octanol–water partition coefficient (Wildman–Crippen LogP) is 4.42. The maximum absolute atomic E-state index is 12.7. The van der Waals surface area contributed by atoms with Crippen LogP contribution in [0, 0.1) is 20.8 Å². The van der Waals surface area contributed by atoms with Crippen LogP contribution in [0.25, 0.3) is 6.08 Å². The fraction of sp³-hybridized carbons (Fsp3) is 0.320. The Morgan fingerprint density at radius 3 is 2.50 bits per heavy atom. The van der Waals surface area contributed by atoms with Gasteiger partial charge in [-0.2, -0.15) is 0 Å². The number of furan rings is 1. The molecule has 1 fully saturated rings. The molecular weight excluding hydrogens is 374 g/mol. The number of nitrogens with zero attached hydrogens (tertiary/aromatic N) is 3. The van der Waals surface area contributed by atoms with Crippen molar-refractivity contribution >= 4 is 17.7 Å². The van der Waals surface area contributed by atoms with Crippen molar-refractivity contribution in [1.29, 1.82) is 0 Å². The van der Waals surface area contributed by atoms with Crippen molar-refractivity contribution in [2.24, 2.45) is 0 Å². The SMILES string of the molecule is Cc1ccccc1N1CCN(C(=O)/C=C/c2cc(C)n(Cc3ccco3)c2C)CC1. The lowest BCUT2D eigenvalue weighted by Gasteiger charge is -2.36. The highest BCUT2D eigenvalue weighted by atomic mass is 16.3. The maximum Gasteiger partial charge on any atom is 0.246 e. The van der Waals surface area contributed by atoms with E-state index < -0.39 is 0 Å². The number of hydrogen-bond acceptors (Lipinski definition) is 3. The molecule has 0 N–H and O–H groups in total. The molecule has 0 bridgehead atoms. The van der Waals surface area contributed by atoms with Crippen LogP contribution in [0.5, 0.6) is 0 Å². The summed E-state index contributed by atoms with van der Waals surface area (Å²) in [5.41, 5.74) is 5.91. The molecule has 5 heteroatoms. The topological polar surface area (TPSA) is 41.6 Å². The van der Waals surface area contributed by atoms with Gasteiger partial charge in [-0.25, -0.2) is 0 Å². The van der Waals surface area contributed by atoms with Crippen LogP contribution in [0.15, 0.2) is 59.2 Å². The number of amides is 1. The summed E-state index contributed by atoms with van der Waals surface area (Å²) in [7, 11) is 0. The second-order valence-electron chi connectivity index (χ2n) is 7.92. The number of benzene rings is 1. The van der Waals surface area contributed by atoms with E-state index in [1.807, 2.05) is 23.1 Å². The largest absolute Gasteiger partial charge is 0.467 e. The summed E-state index contributed by atoms with van der Waals surface area (Å²) < 4.78 is 7.69. The molecule has 0 saturated carbocycles. The molecule has 1 saturated heterocycles. The van der Waals surface area contributed by atoms with E-state index in [4.69, 9.17) is 4.42 Å². The van der Waals surface area contributed by atoms with Gasteiger partial charge in [0.1, 0.15) is 5.76 Å². The van der Waals surface area contributed by atoms with Crippen LogP contribution in [-0.2, 0) is 11.3 Å². The zero-order chi connectivity index (χ0) is 21.1. The highest BCUT2D eigenvalue weighted by Gasteiger charge is 2.20. The fourth-order valence-electron chi connectivity index (χ4n) is 4.15. The fourth-order valence-corrected chi connectivity index (χ4v) is 4.15. The van der Waals surface area contributed by atoms with E-state index in [1.165, 1.54) is 11.3 Å². The Bertz CT molecular complexity index is 1040. The molecule has 1 aromatic carbocycles. The van der Waals surface area contributed by atoms with Crippen LogP contribution in [-0.4, -0.2) is 41.6 Å². The minimum atomic E-state index is 0.0790. The van der Waals surface area contributed by atoms with Gasteiger partial charge in [-0.05, 0) is 62.2 Å². The Hall–Kier alpha value is -3.21. The van der Waals surface area contributed by atoms with Crippen molar-refractivity contribution in [3.05, 3.63) is 83.1 Å². The lowest BCUT2D eigenvalue weighted by molar-refractivity contribution is -0.126. The second-order valence-corrected chi connectivity index (χ2v) is 7.92. The molecule has 1 aliphatic rings. The average Bonchev–Trinajstić information content (AvgIpc) is 3.36. The number of rotatable bonds is 5. The minimum Gasteiger partial charge on any atom is -0.467 e. The average molecular weight is 404 g/mol. The van der Waals surface area contributed by atoms with Gasteiger partial charge in [0.25, 0.3) is 0 Å². The Labute approximate surface area is 178 Å². The minimum absolute atomic E-state index is 0.0790. The molecule has 0 atom stereocenters. The molecule has 156 valence electrons. The Kier molecular flexibility index (Phi) is 5.79. The molecule has 5 nitrogen and oxygen atoms in total. The maximum atomic E-state index is 12.7. The summed E-state index contributed by atoms with van der Waals surface area (Å²) in [6, 6.07) is 14.4. The Balaban J connectivity index is 1.38. The lowest BCUT2D eigenvalue weighted by atomic mass is 10.1. The van der Waals surface area contributed by atoms with Crippen molar-refractivity contribution < 1.29 is 9.21 Å². The molecule has 3 heterocycles. The third kappa shape index (κ3) is 4.20. The molecule has 0 spiro atoms. The summed E-state index contributed by atoms with van der Waals surface area (Å²) in [6.07, 6.45) is 5.35. The Morgan fingerprint density at radius 1 is 1.03 bits per heavy atom. The highest BCUT2D eigenvalue weighted by molar-refractivity contribution is 5.92. The van der Waals surface area contributed by atoms with E-state index >= 15 is 0 Å². The third-order valence-electron chi connectivity index (χ3n) is 5.96. The van der Waals surface area contributed by atoms with Gasteiger partial charge >= 0.3 is 0 Å². The number of carbonyl (C=O) groups is 1. The first-order valence-corrected chi connectivity index (χ1v) is 10.5. The van der Waals surface area contributed by atoms with E-state index in [0.29, 0.717) is 6.54 Å². The predicted molar refractivity (Wildman–Crippen MR) is 121 cm³/mol. The van der Waals surface area contributed by atoms with Crippen LogP contribution in [0.1, 0.15) is 28.3 Å². The lowest BCUT2D eigenvalue weighted by Crippen LogP contribution is -2.48. The van der Waals surface area contributed by atoms with E-state index in [-0.39, 0.29) is 5.91 Å². The van der Waals surface area contributed by atoms with Crippen LogP contribution < -0.4 is 4.90 Å². The van der Waals surface area contributed by atoms with Crippen LogP contribution in [0.2, 0.25) is 0 Å². The van der Waals surface area contributed by atoms with Crippen LogP contribution in [0.4, 0.5) is 5.69 Å². The summed E-state index contributed by atoms with van der Waals surface area (Å²) in [6.45, 7) is 10.2. The van der Waals surface area contributed by atoms with Gasteiger partial charge < -0.3 is 18.8 Å². The summed E-state index contributed by atoms with van der Waals surface area (Å²) >= 11 is 0. The molecule has 0 unspecified atom stereocenters. The number of aryl methyl sites for hydroxylation is 2. The van der Waals surface area contributed by atoms with Gasteiger partial charge in [0.05, 0.1) is 12.8 Å². The number of hydrogen-bond donors (Lipinski definition) is 0. The summed E-state index contributed by atoms with van der Waals surface area (Å²) in [5, 5.41) is 0. The summed E-state index contributed by atoms with van der Waals surface area (Å²) in [5.74, 6) is 1.00. The van der Waals surface area contributed by atoms with E-state index in [9.17, 15) is 4.79 Å². The standard InChI is InChI=1S/C25H29N3O2/c1-19-7-4-5-9-24(19)26-12-14-27(15-13-26)25(29)11-10-22-17-20(2)28(21(22)3)18-23-8-6-16-30-23/h4-11,16-17H,12-15,18H2,1-3H3/b11-10+. The van der Waals surface area contributed by atoms with Gasteiger partial charge in [-0.1, -0.05) is 18.2 Å². The monoisotopic (exact) mass is 403 g/mol. The van der Waals surface area contributed by atoms with E-state index in [1.54, 1.807) is 12.3 Å². The van der Waals surface area contributed by atoms with Crippen molar-refractivity contribution in [2.75, 3.05) is 31.1 Å². The number of anilines is 1. The van der Waals surface area contributed by atoms with Crippen LogP contribution >= 0.6 is 0 Å². The zero-order valence-electron chi connectivity index (χ0n) is 18.0. The molecule has 3 aromatic rings. The first-order chi connectivity index (χ1) is 14.5. The molecule has 4 rings (SSSR count). The first kappa shape index (κ1) is 20.1. The van der Waals surface area contributed by atoms with Gasteiger partial charge in [-0.3, -0.25) is 4.79 Å². The normalized spacial score (nSPS) is 14.6. The van der Waals surface area contributed by atoms with Crippen molar-refractivity contribution in [3.8, 4) is 0 Å². The zero-order valence-corrected chi connectivity index (χ0v) is 18.0. The van der Waals surface area contributed by atoms with E-state index in [2.05, 4.69) is 60.6 Å². The third-order valence-corrected chi connectivity index (χ3v) is 5.96. The van der Waals surface area contributed by atoms with Gasteiger partial charge in [0.2, 0.25) is 5.91 Å². The Morgan fingerprint density at radius 2 is 1.80 bits per heavy atom. The van der Waals surface area contributed by atoms with Gasteiger partial charge in [-0.15, -0.1) is 0 Å². The van der Waals surface area contributed by atoms with Crippen LogP contribution in [0.3, 0.4) is 0 Å². The van der Waals surface area contributed by atoms with E-state index in [0.717, 1.165) is 48.9 Å². The van der Waals surface area contributed by atoms with Crippen molar-refractivity contribution in [3.63, 3.8) is 0 Å². The second kappa shape index (κ2) is 8.66. The molecule has 1 aliphatic heterocycles. The molecule has 1 amide bonds. The quantitative estimate of drug-likeness (QED) is 0.593. The van der Waals surface area contributed by atoms with Gasteiger partial charge in [0, 0.05) is 49.3 Å². The molecular formula is C25H29N3O2.